The van der Waals surface area contributed by atoms with Crippen LogP contribution in [0.5, 0.6) is 0 Å². The van der Waals surface area contributed by atoms with Crippen LogP contribution in [0.3, 0.4) is 0 Å². The van der Waals surface area contributed by atoms with Gasteiger partial charge in [-0.05, 0) is 13.8 Å². The molecule has 2 rings (SSSR count). The van der Waals surface area contributed by atoms with Crippen molar-refractivity contribution < 1.29 is 4.79 Å². The van der Waals surface area contributed by atoms with E-state index in [0.29, 0.717) is 22.5 Å². The maximum Gasteiger partial charge on any atom is 0.198 e. The van der Waals surface area contributed by atoms with Gasteiger partial charge in [-0.2, -0.15) is 0 Å². The molecule has 0 aliphatic heterocycles. The standard InChI is InChI=1S/C13H11N2O/c1-9-12(10(2)15-8-14-9)13(16)11-6-4-3-5-7-11/h3-7H,1-2H3. The summed E-state index contributed by atoms with van der Waals surface area (Å²) < 4.78 is 0. The second-order valence-electron chi connectivity index (χ2n) is 3.56. The summed E-state index contributed by atoms with van der Waals surface area (Å²) in [6.45, 7) is 3.59. The molecule has 0 amide bonds. The van der Waals surface area contributed by atoms with E-state index in [2.05, 4.69) is 16.3 Å². The highest BCUT2D eigenvalue weighted by Gasteiger charge is 2.15. The molecule has 1 radical (unpaired) electrons. The average molecular weight is 211 g/mol. The summed E-state index contributed by atoms with van der Waals surface area (Å²) in [5.41, 5.74) is 2.57. The number of hydrogen-bond acceptors (Lipinski definition) is 3. The Morgan fingerprint density at radius 1 is 1.06 bits per heavy atom. The Morgan fingerprint density at radius 2 is 1.62 bits per heavy atom. The van der Waals surface area contributed by atoms with E-state index in [1.807, 2.05) is 18.2 Å². The first-order chi connectivity index (χ1) is 7.70. The molecule has 0 fully saturated rings. The summed E-state index contributed by atoms with van der Waals surface area (Å²) in [4.78, 5) is 20.1. The van der Waals surface area contributed by atoms with Crippen molar-refractivity contribution in [2.24, 2.45) is 0 Å². The summed E-state index contributed by atoms with van der Waals surface area (Å²) in [5.74, 6) is -0.0374. The quantitative estimate of drug-likeness (QED) is 0.714. The molecule has 2 aromatic rings. The lowest BCUT2D eigenvalue weighted by Gasteiger charge is -2.05. The number of aryl methyl sites for hydroxylation is 2. The first kappa shape index (κ1) is 10.5. The van der Waals surface area contributed by atoms with Crippen molar-refractivity contribution in [3.8, 4) is 0 Å². The molecule has 1 aromatic carbocycles. The Bertz CT molecular complexity index is 500. The van der Waals surface area contributed by atoms with Gasteiger partial charge >= 0.3 is 0 Å². The van der Waals surface area contributed by atoms with Crippen LogP contribution in [0.25, 0.3) is 0 Å². The van der Waals surface area contributed by atoms with Crippen molar-refractivity contribution >= 4 is 5.78 Å². The SMILES string of the molecule is Cc1n[c]nc(C)c1C(=O)c1ccccc1. The van der Waals surface area contributed by atoms with E-state index in [0.717, 1.165) is 0 Å². The maximum atomic E-state index is 12.2. The molecule has 0 spiro atoms. The number of benzene rings is 1. The van der Waals surface area contributed by atoms with E-state index in [4.69, 9.17) is 0 Å². The van der Waals surface area contributed by atoms with Crippen LogP contribution in [-0.2, 0) is 0 Å². The number of aromatic nitrogens is 2. The lowest BCUT2D eigenvalue weighted by molar-refractivity contribution is 0.103. The summed E-state index contributed by atoms with van der Waals surface area (Å²) in [5, 5.41) is 0. The first-order valence-corrected chi connectivity index (χ1v) is 5.01. The minimum absolute atomic E-state index is 0.0374. The van der Waals surface area contributed by atoms with Gasteiger partial charge in [0.25, 0.3) is 0 Å². The van der Waals surface area contributed by atoms with Crippen molar-refractivity contribution in [1.82, 2.24) is 9.97 Å². The largest absolute Gasteiger partial charge is 0.288 e. The van der Waals surface area contributed by atoms with Crippen LogP contribution in [-0.4, -0.2) is 15.8 Å². The Hall–Kier alpha value is -2.03. The van der Waals surface area contributed by atoms with Gasteiger partial charge in [-0.15, -0.1) is 0 Å². The zero-order valence-electron chi connectivity index (χ0n) is 9.19. The van der Waals surface area contributed by atoms with Crippen LogP contribution in [0.1, 0.15) is 27.3 Å². The summed E-state index contributed by atoms with van der Waals surface area (Å²) in [6, 6.07) is 9.14. The Balaban J connectivity index is 2.50. The van der Waals surface area contributed by atoms with Gasteiger partial charge in [0.15, 0.2) is 12.1 Å². The van der Waals surface area contributed by atoms with E-state index in [9.17, 15) is 4.79 Å². The predicted molar refractivity (Wildman–Crippen MR) is 60.2 cm³/mol. The van der Waals surface area contributed by atoms with Crippen molar-refractivity contribution in [2.75, 3.05) is 0 Å². The van der Waals surface area contributed by atoms with Gasteiger partial charge in [0.1, 0.15) is 0 Å². The third kappa shape index (κ3) is 1.84. The van der Waals surface area contributed by atoms with Crippen LogP contribution in [0.4, 0.5) is 0 Å². The van der Waals surface area contributed by atoms with Crippen molar-refractivity contribution in [2.45, 2.75) is 13.8 Å². The highest BCUT2D eigenvalue weighted by Crippen LogP contribution is 2.14. The summed E-state index contributed by atoms with van der Waals surface area (Å²) >= 11 is 0. The van der Waals surface area contributed by atoms with E-state index in [1.165, 1.54) is 0 Å². The summed E-state index contributed by atoms with van der Waals surface area (Å²) in [7, 11) is 0. The second kappa shape index (κ2) is 4.23. The third-order valence-electron chi connectivity index (χ3n) is 2.42. The lowest BCUT2D eigenvalue weighted by Crippen LogP contribution is -2.09. The third-order valence-corrected chi connectivity index (χ3v) is 2.42. The number of ketones is 1. The van der Waals surface area contributed by atoms with Gasteiger partial charge in [0.2, 0.25) is 0 Å². The first-order valence-electron chi connectivity index (χ1n) is 5.01. The van der Waals surface area contributed by atoms with E-state index in [1.54, 1.807) is 26.0 Å². The van der Waals surface area contributed by atoms with Gasteiger partial charge in [-0.1, -0.05) is 30.3 Å². The minimum Gasteiger partial charge on any atom is -0.288 e. The van der Waals surface area contributed by atoms with E-state index >= 15 is 0 Å². The highest BCUT2D eigenvalue weighted by atomic mass is 16.1. The Kier molecular flexibility index (Phi) is 2.77. The van der Waals surface area contributed by atoms with Gasteiger partial charge in [-0.3, -0.25) is 4.79 Å². The topological polar surface area (TPSA) is 42.9 Å². The van der Waals surface area contributed by atoms with Crippen LogP contribution >= 0.6 is 0 Å². The molecule has 3 heteroatoms. The molecule has 0 saturated carbocycles. The molecular weight excluding hydrogens is 200 g/mol. The average Bonchev–Trinajstić information content (AvgIpc) is 2.30. The number of carbonyl (C=O) groups excluding carboxylic acids is 1. The van der Waals surface area contributed by atoms with Crippen LogP contribution in [0, 0.1) is 20.2 Å². The summed E-state index contributed by atoms with van der Waals surface area (Å²) in [6.07, 6.45) is 2.52. The second-order valence-corrected chi connectivity index (χ2v) is 3.56. The van der Waals surface area contributed by atoms with E-state index < -0.39 is 0 Å². The zero-order chi connectivity index (χ0) is 11.5. The minimum atomic E-state index is -0.0374. The Labute approximate surface area is 94.2 Å². The van der Waals surface area contributed by atoms with E-state index in [-0.39, 0.29) is 5.78 Å². The Morgan fingerprint density at radius 3 is 2.19 bits per heavy atom. The molecule has 0 atom stereocenters. The number of hydrogen-bond donors (Lipinski definition) is 0. The fourth-order valence-electron chi connectivity index (χ4n) is 1.61. The molecule has 0 aliphatic rings. The van der Waals surface area contributed by atoms with Crippen LogP contribution in [0.2, 0.25) is 0 Å². The number of nitrogens with zero attached hydrogens (tertiary/aromatic N) is 2. The molecular formula is C13H11N2O. The van der Waals surface area contributed by atoms with Gasteiger partial charge < -0.3 is 0 Å². The highest BCUT2D eigenvalue weighted by molar-refractivity contribution is 6.10. The molecule has 3 nitrogen and oxygen atoms in total. The van der Waals surface area contributed by atoms with Crippen LogP contribution < -0.4 is 0 Å². The van der Waals surface area contributed by atoms with Crippen molar-refractivity contribution in [3.63, 3.8) is 0 Å². The molecule has 1 heterocycles. The predicted octanol–water partition coefficient (Wildman–Crippen LogP) is 2.12. The lowest BCUT2D eigenvalue weighted by atomic mass is 10.0. The molecule has 0 N–H and O–H groups in total. The molecule has 0 aliphatic carbocycles. The smallest absolute Gasteiger partial charge is 0.198 e. The molecule has 16 heavy (non-hydrogen) atoms. The van der Waals surface area contributed by atoms with Gasteiger partial charge in [0, 0.05) is 5.56 Å². The monoisotopic (exact) mass is 211 g/mol. The molecule has 0 unspecified atom stereocenters. The van der Waals surface area contributed by atoms with Gasteiger partial charge in [0.05, 0.1) is 17.0 Å². The molecule has 79 valence electrons. The normalized spacial score (nSPS) is 10.1. The van der Waals surface area contributed by atoms with Crippen LogP contribution in [0.15, 0.2) is 30.3 Å². The van der Waals surface area contributed by atoms with Crippen molar-refractivity contribution in [3.05, 3.63) is 59.2 Å². The maximum absolute atomic E-state index is 12.2. The fraction of sp³-hybridized carbons (Fsp3) is 0.154. The molecule has 0 saturated heterocycles. The van der Waals surface area contributed by atoms with Gasteiger partial charge in [-0.25, -0.2) is 9.97 Å². The zero-order valence-corrected chi connectivity index (χ0v) is 9.19. The number of carbonyl (C=O) groups is 1. The number of rotatable bonds is 2. The fourth-order valence-corrected chi connectivity index (χ4v) is 1.61. The van der Waals surface area contributed by atoms with Crippen molar-refractivity contribution in [1.29, 1.82) is 0 Å². The molecule has 1 aromatic heterocycles. The molecule has 0 bridgehead atoms.